The van der Waals surface area contributed by atoms with Crippen LogP contribution in [0.4, 0.5) is 0 Å². The van der Waals surface area contributed by atoms with E-state index in [-0.39, 0.29) is 12.1 Å². The molecule has 3 rings (SSSR count). The average Bonchev–Trinajstić information content (AvgIpc) is 2.47. The van der Waals surface area contributed by atoms with E-state index in [1.54, 1.807) is 0 Å². The third-order valence-corrected chi connectivity index (χ3v) is 4.74. The summed E-state index contributed by atoms with van der Waals surface area (Å²) < 4.78 is 1.11. The summed E-state index contributed by atoms with van der Waals surface area (Å²) in [6.07, 6.45) is 1.10. The lowest BCUT2D eigenvalue weighted by Crippen LogP contribution is -2.42. The number of nitrogens with zero attached hydrogens (tertiary/aromatic N) is 1. The highest BCUT2D eigenvalue weighted by Gasteiger charge is 2.27. The molecule has 110 valence electrons. The zero-order valence-electron chi connectivity index (χ0n) is 12.3. The zero-order chi connectivity index (χ0) is 14.8. The van der Waals surface area contributed by atoms with Gasteiger partial charge in [0.15, 0.2) is 0 Å². The molecule has 21 heavy (non-hydrogen) atoms. The van der Waals surface area contributed by atoms with Gasteiger partial charge in [-0.1, -0.05) is 52.3 Å². The predicted octanol–water partition coefficient (Wildman–Crippen LogP) is 3.90. The van der Waals surface area contributed by atoms with Gasteiger partial charge >= 0.3 is 0 Å². The van der Waals surface area contributed by atoms with Crippen molar-refractivity contribution in [2.45, 2.75) is 32.0 Å². The molecule has 0 aromatic heterocycles. The Morgan fingerprint density at radius 1 is 1.10 bits per heavy atom. The number of fused-ring (bicyclic) bond motifs is 1. The Morgan fingerprint density at radius 2 is 1.86 bits per heavy atom. The van der Waals surface area contributed by atoms with Crippen molar-refractivity contribution in [1.82, 2.24) is 4.90 Å². The van der Waals surface area contributed by atoms with Crippen molar-refractivity contribution >= 4 is 15.9 Å². The third kappa shape index (κ3) is 3.20. The van der Waals surface area contributed by atoms with Crippen LogP contribution in [-0.4, -0.2) is 17.5 Å². The molecule has 2 nitrogen and oxygen atoms in total. The zero-order valence-corrected chi connectivity index (χ0v) is 13.9. The smallest absolute Gasteiger partial charge is 0.0500 e. The summed E-state index contributed by atoms with van der Waals surface area (Å²) in [5, 5.41) is 0. The Bertz CT molecular complexity index is 624. The van der Waals surface area contributed by atoms with Crippen LogP contribution in [0.15, 0.2) is 53.0 Å². The van der Waals surface area contributed by atoms with Crippen LogP contribution in [-0.2, 0) is 13.0 Å². The lowest BCUT2D eigenvalue weighted by molar-refractivity contribution is 0.159. The van der Waals surface area contributed by atoms with E-state index in [2.05, 4.69) is 76.3 Å². The van der Waals surface area contributed by atoms with E-state index < -0.39 is 0 Å². The van der Waals surface area contributed by atoms with Crippen molar-refractivity contribution in [3.63, 3.8) is 0 Å². The quantitative estimate of drug-likeness (QED) is 0.914. The number of benzene rings is 2. The number of nitrogens with two attached hydrogens (primary N) is 1. The normalized spacial score (nSPS) is 18.0. The van der Waals surface area contributed by atoms with Crippen molar-refractivity contribution < 1.29 is 0 Å². The molecule has 2 aromatic rings. The molecule has 2 aromatic carbocycles. The highest BCUT2D eigenvalue weighted by molar-refractivity contribution is 9.10. The van der Waals surface area contributed by atoms with Gasteiger partial charge in [0.2, 0.25) is 0 Å². The Balaban J connectivity index is 1.89. The van der Waals surface area contributed by atoms with Crippen LogP contribution >= 0.6 is 15.9 Å². The molecule has 0 spiro atoms. The lowest BCUT2D eigenvalue weighted by atomic mass is 9.93. The Labute approximate surface area is 135 Å². The predicted molar refractivity (Wildman–Crippen MR) is 91.1 cm³/mol. The van der Waals surface area contributed by atoms with Crippen LogP contribution in [0.5, 0.6) is 0 Å². The van der Waals surface area contributed by atoms with E-state index in [1.807, 2.05) is 0 Å². The first-order chi connectivity index (χ1) is 10.1. The lowest BCUT2D eigenvalue weighted by Gasteiger charge is -2.38. The molecule has 0 bridgehead atoms. The highest BCUT2D eigenvalue weighted by atomic mass is 79.9. The largest absolute Gasteiger partial charge is 0.326 e. The molecule has 2 atom stereocenters. The van der Waals surface area contributed by atoms with E-state index in [9.17, 15) is 0 Å². The summed E-state index contributed by atoms with van der Waals surface area (Å²) >= 11 is 3.57. The number of rotatable bonds is 3. The fraction of sp³-hybridized carbons (Fsp3) is 0.333. The molecule has 2 unspecified atom stereocenters. The van der Waals surface area contributed by atoms with Gasteiger partial charge in [-0.25, -0.2) is 0 Å². The average molecular weight is 345 g/mol. The van der Waals surface area contributed by atoms with Crippen LogP contribution in [0.3, 0.4) is 0 Å². The molecule has 2 N–H and O–H groups in total. The van der Waals surface area contributed by atoms with Gasteiger partial charge in [0.25, 0.3) is 0 Å². The van der Waals surface area contributed by atoms with E-state index in [1.165, 1.54) is 16.7 Å². The maximum Gasteiger partial charge on any atom is 0.0500 e. The van der Waals surface area contributed by atoms with E-state index in [0.717, 1.165) is 24.0 Å². The minimum atomic E-state index is 0.101. The van der Waals surface area contributed by atoms with Crippen LogP contribution in [0.1, 0.15) is 29.7 Å². The molecule has 0 aliphatic carbocycles. The fourth-order valence-corrected chi connectivity index (χ4v) is 3.71. The first kappa shape index (κ1) is 14.8. The van der Waals surface area contributed by atoms with Gasteiger partial charge in [-0.3, -0.25) is 4.90 Å². The summed E-state index contributed by atoms with van der Waals surface area (Å²) in [6, 6.07) is 17.6. The minimum absolute atomic E-state index is 0.101. The molecule has 3 heteroatoms. The molecular weight excluding hydrogens is 324 g/mol. The maximum absolute atomic E-state index is 6.31. The van der Waals surface area contributed by atoms with Gasteiger partial charge < -0.3 is 5.73 Å². The second-order valence-corrected chi connectivity index (χ2v) is 6.76. The monoisotopic (exact) mass is 344 g/mol. The molecule has 0 fully saturated rings. The van der Waals surface area contributed by atoms with Crippen molar-refractivity contribution in [1.29, 1.82) is 0 Å². The van der Waals surface area contributed by atoms with Crippen molar-refractivity contribution in [3.05, 3.63) is 69.7 Å². The SMILES string of the molecule is CC(N)C(c1cccc(Br)c1)N1CCc2ccccc2C1. The number of halogens is 1. The third-order valence-electron chi connectivity index (χ3n) is 4.24. The molecule has 1 aliphatic rings. The number of hydrogen-bond donors (Lipinski definition) is 1. The van der Waals surface area contributed by atoms with Crippen LogP contribution in [0.2, 0.25) is 0 Å². The molecule has 0 amide bonds. The molecule has 0 saturated heterocycles. The summed E-state index contributed by atoms with van der Waals surface area (Å²) in [6.45, 7) is 4.15. The van der Waals surface area contributed by atoms with Gasteiger partial charge in [0, 0.05) is 23.6 Å². The van der Waals surface area contributed by atoms with E-state index >= 15 is 0 Å². The van der Waals surface area contributed by atoms with Crippen molar-refractivity contribution in [3.8, 4) is 0 Å². The molecule has 0 saturated carbocycles. The number of hydrogen-bond acceptors (Lipinski definition) is 2. The summed E-state index contributed by atoms with van der Waals surface area (Å²) in [5.41, 5.74) is 10.5. The molecule has 0 radical (unpaired) electrons. The second kappa shape index (κ2) is 6.30. The van der Waals surface area contributed by atoms with Crippen molar-refractivity contribution in [2.24, 2.45) is 5.73 Å². The van der Waals surface area contributed by atoms with Gasteiger partial charge in [0.1, 0.15) is 0 Å². The van der Waals surface area contributed by atoms with Crippen LogP contribution in [0.25, 0.3) is 0 Å². The fourth-order valence-electron chi connectivity index (χ4n) is 3.29. The van der Waals surface area contributed by atoms with Crippen LogP contribution in [0, 0.1) is 0 Å². The van der Waals surface area contributed by atoms with Gasteiger partial charge in [-0.05, 0) is 42.2 Å². The van der Waals surface area contributed by atoms with E-state index in [4.69, 9.17) is 5.73 Å². The first-order valence-corrected chi connectivity index (χ1v) is 8.26. The van der Waals surface area contributed by atoms with Gasteiger partial charge in [-0.15, -0.1) is 0 Å². The van der Waals surface area contributed by atoms with Gasteiger partial charge in [-0.2, -0.15) is 0 Å². The Kier molecular flexibility index (Phi) is 4.43. The molecule has 1 aliphatic heterocycles. The topological polar surface area (TPSA) is 29.3 Å². The minimum Gasteiger partial charge on any atom is -0.326 e. The van der Waals surface area contributed by atoms with Gasteiger partial charge in [0.05, 0.1) is 6.04 Å². The van der Waals surface area contributed by atoms with Crippen LogP contribution < -0.4 is 5.73 Å². The summed E-state index contributed by atoms with van der Waals surface area (Å²) in [5.74, 6) is 0. The first-order valence-electron chi connectivity index (χ1n) is 7.47. The maximum atomic E-state index is 6.31. The van der Waals surface area contributed by atoms with Crippen molar-refractivity contribution in [2.75, 3.05) is 6.54 Å². The highest BCUT2D eigenvalue weighted by Crippen LogP contribution is 2.30. The summed E-state index contributed by atoms with van der Waals surface area (Å²) in [7, 11) is 0. The summed E-state index contributed by atoms with van der Waals surface area (Å²) in [4.78, 5) is 2.51. The second-order valence-electron chi connectivity index (χ2n) is 5.85. The standard InChI is InChI=1S/C18H21BrN2/c1-13(20)18(15-7-4-8-17(19)11-15)21-10-9-14-5-2-3-6-16(14)12-21/h2-8,11,13,18H,9-10,12,20H2,1H3. The Morgan fingerprint density at radius 3 is 2.57 bits per heavy atom. The molecular formula is C18H21BrN2. The van der Waals surface area contributed by atoms with E-state index in [0.29, 0.717) is 0 Å². The molecule has 1 heterocycles. The Hall–Kier alpha value is -1.16.